The van der Waals surface area contributed by atoms with Gasteiger partial charge in [-0.2, -0.15) is 0 Å². The van der Waals surface area contributed by atoms with Gasteiger partial charge in [-0.3, -0.25) is 4.79 Å². The fourth-order valence-corrected chi connectivity index (χ4v) is 2.13. The Kier molecular flexibility index (Phi) is 6.52. The first-order valence-electron chi connectivity index (χ1n) is 7.16. The summed E-state index contributed by atoms with van der Waals surface area (Å²) in [6.45, 7) is 8.24. The number of anilines is 1. The molecule has 0 aliphatic heterocycles. The first kappa shape index (κ1) is 16.5. The number of carbonyl (C=O) groups is 1. The standard InChI is InChI=1S/C16H27N3O/c1-12(2)9-18-16(20)11-19(5)15-7-6-14(10-17-4)8-13(15)3/h6-8,12,17H,9-11H2,1-5H3,(H,18,20). The van der Waals surface area contributed by atoms with Gasteiger partial charge in [-0.05, 0) is 37.1 Å². The highest BCUT2D eigenvalue weighted by Gasteiger charge is 2.10. The first-order valence-corrected chi connectivity index (χ1v) is 7.16. The van der Waals surface area contributed by atoms with Crippen LogP contribution < -0.4 is 15.5 Å². The highest BCUT2D eigenvalue weighted by molar-refractivity contribution is 5.81. The molecule has 0 saturated carbocycles. The minimum absolute atomic E-state index is 0.0694. The van der Waals surface area contributed by atoms with Gasteiger partial charge in [0.1, 0.15) is 0 Å². The molecule has 0 saturated heterocycles. The number of hydrogen-bond donors (Lipinski definition) is 2. The molecule has 1 rings (SSSR count). The Hall–Kier alpha value is -1.55. The SMILES string of the molecule is CNCc1ccc(N(C)CC(=O)NCC(C)C)c(C)c1. The van der Waals surface area contributed by atoms with Crippen molar-refractivity contribution in [3.8, 4) is 0 Å². The van der Waals surface area contributed by atoms with E-state index in [2.05, 4.69) is 49.6 Å². The third-order valence-corrected chi connectivity index (χ3v) is 3.14. The van der Waals surface area contributed by atoms with Crippen LogP contribution in [0.5, 0.6) is 0 Å². The maximum atomic E-state index is 11.8. The van der Waals surface area contributed by atoms with Gasteiger partial charge in [-0.15, -0.1) is 0 Å². The van der Waals surface area contributed by atoms with Crippen LogP contribution in [0.3, 0.4) is 0 Å². The van der Waals surface area contributed by atoms with E-state index in [-0.39, 0.29) is 5.91 Å². The molecule has 0 aliphatic rings. The lowest BCUT2D eigenvalue weighted by atomic mass is 10.1. The number of aryl methyl sites for hydroxylation is 1. The van der Waals surface area contributed by atoms with Crippen molar-refractivity contribution in [1.82, 2.24) is 10.6 Å². The lowest BCUT2D eigenvalue weighted by Crippen LogP contribution is -2.37. The Morgan fingerprint density at radius 2 is 2.05 bits per heavy atom. The van der Waals surface area contributed by atoms with Crippen molar-refractivity contribution < 1.29 is 4.79 Å². The van der Waals surface area contributed by atoms with Crippen molar-refractivity contribution in [2.75, 3.05) is 32.1 Å². The van der Waals surface area contributed by atoms with Gasteiger partial charge in [0.2, 0.25) is 5.91 Å². The second-order valence-electron chi connectivity index (χ2n) is 5.71. The predicted molar refractivity (Wildman–Crippen MR) is 85.1 cm³/mol. The van der Waals surface area contributed by atoms with Crippen LogP contribution in [0.25, 0.3) is 0 Å². The summed E-state index contributed by atoms with van der Waals surface area (Å²) in [5, 5.41) is 6.08. The van der Waals surface area contributed by atoms with E-state index in [1.807, 2.05) is 19.0 Å². The Balaban J connectivity index is 2.63. The molecule has 2 N–H and O–H groups in total. The van der Waals surface area contributed by atoms with E-state index in [9.17, 15) is 4.79 Å². The number of nitrogens with zero attached hydrogens (tertiary/aromatic N) is 1. The van der Waals surface area contributed by atoms with Gasteiger partial charge in [0.15, 0.2) is 0 Å². The zero-order chi connectivity index (χ0) is 15.1. The van der Waals surface area contributed by atoms with Crippen LogP contribution in [-0.4, -0.2) is 33.1 Å². The number of carbonyl (C=O) groups excluding carboxylic acids is 1. The normalized spacial score (nSPS) is 10.7. The van der Waals surface area contributed by atoms with Gasteiger partial charge < -0.3 is 15.5 Å². The number of likely N-dealkylation sites (N-methyl/N-ethyl adjacent to an activating group) is 1. The Bertz CT molecular complexity index is 443. The zero-order valence-electron chi connectivity index (χ0n) is 13.3. The van der Waals surface area contributed by atoms with Crippen LogP contribution in [0.2, 0.25) is 0 Å². The fraction of sp³-hybridized carbons (Fsp3) is 0.562. The molecule has 0 heterocycles. The second-order valence-corrected chi connectivity index (χ2v) is 5.71. The molecular formula is C16H27N3O. The quantitative estimate of drug-likeness (QED) is 0.800. The van der Waals surface area contributed by atoms with E-state index < -0.39 is 0 Å². The van der Waals surface area contributed by atoms with Crippen molar-refractivity contribution in [2.24, 2.45) is 5.92 Å². The zero-order valence-corrected chi connectivity index (χ0v) is 13.3. The lowest BCUT2D eigenvalue weighted by molar-refractivity contribution is -0.119. The summed E-state index contributed by atoms with van der Waals surface area (Å²) in [5.41, 5.74) is 3.55. The molecule has 1 amide bonds. The van der Waals surface area contributed by atoms with Crippen LogP contribution in [-0.2, 0) is 11.3 Å². The van der Waals surface area contributed by atoms with Crippen molar-refractivity contribution in [3.05, 3.63) is 29.3 Å². The first-order chi connectivity index (χ1) is 9.43. The lowest BCUT2D eigenvalue weighted by Gasteiger charge is -2.22. The summed E-state index contributed by atoms with van der Waals surface area (Å²) >= 11 is 0. The van der Waals surface area contributed by atoms with E-state index in [0.29, 0.717) is 12.5 Å². The van der Waals surface area contributed by atoms with Crippen LogP contribution >= 0.6 is 0 Å². The molecule has 4 nitrogen and oxygen atoms in total. The molecule has 1 aromatic rings. The smallest absolute Gasteiger partial charge is 0.239 e. The van der Waals surface area contributed by atoms with Crippen molar-refractivity contribution in [2.45, 2.75) is 27.3 Å². The van der Waals surface area contributed by atoms with Crippen molar-refractivity contribution >= 4 is 11.6 Å². The van der Waals surface area contributed by atoms with Crippen molar-refractivity contribution in [1.29, 1.82) is 0 Å². The summed E-state index contributed by atoms with van der Waals surface area (Å²) in [5.74, 6) is 0.548. The molecule has 0 radical (unpaired) electrons. The Labute approximate surface area is 122 Å². The van der Waals surface area contributed by atoms with E-state index in [1.54, 1.807) is 0 Å². The van der Waals surface area contributed by atoms with Gasteiger partial charge in [0.05, 0.1) is 6.54 Å². The van der Waals surface area contributed by atoms with E-state index in [1.165, 1.54) is 11.1 Å². The number of hydrogen-bond acceptors (Lipinski definition) is 3. The van der Waals surface area contributed by atoms with E-state index in [4.69, 9.17) is 0 Å². The van der Waals surface area contributed by atoms with Gasteiger partial charge in [0.25, 0.3) is 0 Å². The topological polar surface area (TPSA) is 44.4 Å². The Morgan fingerprint density at radius 3 is 2.60 bits per heavy atom. The van der Waals surface area contributed by atoms with E-state index in [0.717, 1.165) is 18.8 Å². The summed E-state index contributed by atoms with van der Waals surface area (Å²) < 4.78 is 0. The number of rotatable bonds is 7. The van der Waals surface area contributed by atoms with E-state index >= 15 is 0 Å². The van der Waals surface area contributed by atoms with Gasteiger partial charge >= 0.3 is 0 Å². The average molecular weight is 277 g/mol. The van der Waals surface area contributed by atoms with Gasteiger partial charge in [-0.25, -0.2) is 0 Å². The molecule has 0 fully saturated rings. The predicted octanol–water partition coefficient (Wildman–Crippen LogP) is 1.92. The van der Waals surface area contributed by atoms with Gasteiger partial charge in [-0.1, -0.05) is 26.0 Å². The molecule has 4 heteroatoms. The van der Waals surface area contributed by atoms with Crippen LogP contribution in [0, 0.1) is 12.8 Å². The molecule has 0 unspecified atom stereocenters. The summed E-state index contributed by atoms with van der Waals surface area (Å²) in [6.07, 6.45) is 0. The molecule has 0 atom stereocenters. The number of nitrogens with one attached hydrogen (secondary N) is 2. The second kappa shape index (κ2) is 7.90. The molecule has 1 aromatic carbocycles. The number of amides is 1. The number of benzene rings is 1. The maximum absolute atomic E-state index is 11.8. The Morgan fingerprint density at radius 1 is 1.35 bits per heavy atom. The third-order valence-electron chi connectivity index (χ3n) is 3.14. The largest absolute Gasteiger partial charge is 0.365 e. The van der Waals surface area contributed by atoms with Gasteiger partial charge in [0, 0.05) is 25.8 Å². The molecule has 0 aliphatic carbocycles. The molecular weight excluding hydrogens is 250 g/mol. The fourth-order valence-electron chi connectivity index (χ4n) is 2.13. The minimum Gasteiger partial charge on any atom is -0.365 e. The maximum Gasteiger partial charge on any atom is 0.239 e. The summed E-state index contributed by atoms with van der Waals surface area (Å²) in [4.78, 5) is 13.8. The van der Waals surface area contributed by atoms with Crippen LogP contribution in [0.4, 0.5) is 5.69 Å². The average Bonchev–Trinajstić information content (AvgIpc) is 2.36. The highest BCUT2D eigenvalue weighted by Crippen LogP contribution is 2.20. The van der Waals surface area contributed by atoms with Crippen LogP contribution in [0.1, 0.15) is 25.0 Å². The van der Waals surface area contributed by atoms with Crippen LogP contribution in [0.15, 0.2) is 18.2 Å². The summed E-state index contributed by atoms with van der Waals surface area (Å²) in [6, 6.07) is 6.34. The highest BCUT2D eigenvalue weighted by atomic mass is 16.2. The molecule has 112 valence electrons. The molecule has 0 spiro atoms. The minimum atomic E-state index is 0.0694. The molecule has 0 aromatic heterocycles. The summed E-state index contributed by atoms with van der Waals surface area (Å²) in [7, 11) is 3.89. The molecule has 0 bridgehead atoms. The monoisotopic (exact) mass is 277 g/mol. The third kappa shape index (κ3) is 5.21. The molecule has 20 heavy (non-hydrogen) atoms. The van der Waals surface area contributed by atoms with Crippen molar-refractivity contribution in [3.63, 3.8) is 0 Å².